The lowest BCUT2D eigenvalue weighted by atomic mass is 10.1. The van der Waals surface area contributed by atoms with Crippen LogP contribution in [0.4, 0.5) is 5.69 Å². The van der Waals surface area contributed by atoms with Crippen molar-refractivity contribution in [3.05, 3.63) is 29.3 Å². The molecule has 0 amide bonds. The number of rotatable bonds is 5. The van der Waals surface area contributed by atoms with Crippen molar-refractivity contribution in [1.82, 2.24) is 0 Å². The average molecular weight is 394 g/mol. The Morgan fingerprint density at radius 2 is 1.35 bits per heavy atom. The molecule has 132 valence electrons. The molecule has 5 heteroatoms. The van der Waals surface area contributed by atoms with E-state index < -0.39 is 0 Å². The van der Waals surface area contributed by atoms with E-state index in [0.717, 1.165) is 0 Å². The van der Waals surface area contributed by atoms with Crippen LogP contribution in [-0.4, -0.2) is 37.1 Å². The second-order valence-corrected chi connectivity index (χ2v) is 11.3. The predicted octanol–water partition coefficient (Wildman–Crippen LogP) is -2.42. The number of nitrogens with zero attached hydrogens (tertiary/aromatic N) is 1. The van der Waals surface area contributed by atoms with Crippen LogP contribution < -0.4 is 29.7 Å². The predicted molar refractivity (Wildman–Crippen MR) is 101 cm³/mol. The first-order chi connectivity index (χ1) is 10.2. The maximum atomic E-state index is 2.49. The molecule has 0 unspecified atom stereocenters. The fraction of sp³-hybridized carbons (Fsp3) is 0.667. The van der Waals surface area contributed by atoms with Crippen LogP contribution in [0.1, 0.15) is 36.8 Å². The highest BCUT2D eigenvalue weighted by Gasteiger charge is 2.27. The summed E-state index contributed by atoms with van der Waals surface area (Å²) in [4.78, 5) is 2.33. The van der Waals surface area contributed by atoms with E-state index in [1.807, 2.05) is 0 Å². The van der Waals surface area contributed by atoms with Crippen LogP contribution in [0.3, 0.4) is 0 Å². The summed E-state index contributed by atoms with van der Waals surface area (Å²) in [6.07, 6.45) is 5.84. The second-order valence-electron chi connectivity index (χ2n) is 6.60. The van der Waals surface area contributed by atoms with E-state index in [0.29, 0.717) is 21.8 Å². The molecule has 1 nitrogen and oxygen atoms in total. The summed E-state index contributed by atoms with van der Waals surface area (Å²) >= 11 is 0. The Labute approximate surface area is 160 Å². The minimum atomic E-state index is 0. The Kier molecular flexibility index (Phi) is 9.58. The van der Waals surface area contributed by atoms with Gasteiger partial charge in [-0.15, -0.1) is 0 Å². The lowest BCUT2D eigenvalue weighted by molar-refractivity contribution is -0.001000. The third kappa shape index (κ3) is 5.95. The molecular weight excluding hydrogens is 365 g/mol. The van der Waals surface area contributed by atoms with Crippen molar-refractivity contribution >= 4 is 27.5 Å². The Morgan fingerprint density at radius 3 is 1.87 bits per heavy atom. The fourth-order valence-corrected chi connectivity index (χ4v) is 8.18. The van der Waals surface area contributed by atoms with E-state index in [9.17, 15) is 0 Å². The summed E-state index contributed by atoms with van der Waals surface area (Å²) in [5, 5.41) is 0. The average Bonchev–Trinajstić information content (AvgIpc) is 3.13. The van der Waals surface area contributed by atoms with Crippen molar-refractivity contribution in [3.63, 3.8) is 0 Å². The zero-order chi connectivity index (χ0) is 14.7. The van der Waals surface area contributed by atoms with Gasteiger partial charge in [0.15, 0.2) is 0 Å². The monoisotopic (exact) mass is 393 g/mol. The molecule has 3 rings (SSSR count). The number of halogens is 2. The lowest BCUT2D eigenvalue weighted by Crippen LogP contribution is -3.00. The summed E-state index contributed by atoms with van der Waals surface area (Å²) in [7, 11) is 5.75. The topological polar surface area (TPSA) is 3.24 Å². The van der Waals surface area contributed by atoms with Gasteiger partial charge < -0.3 is 29.7 Å². The van der Waals surface area contributed by atoms with Crippen molar-refractivity contribution in [2.75, 3.05) is 42.0 Å². The van der Waals surface area contributed by atoms with Gasteiger partial charge in [-0.3, -0.25) is 0 Å². The van der Waals surface area contributed by atoms with Gasteiger partial charge in [0.1, 0.15) is 34.5 Å². The van der Waals surface area contributed by atoms with Crippen LogP contribution in [0.2, 0.25) is 0 Å². The summed E-state index contributed by atoms with van der Waals surface area (Å²) in [6, 6.07) is 7.35. The minimum Gasteiger partial charge on any atom is -1.00 e. The van der Waals surface area contributed by atoms with Crippen LogP contribution in [0.15, 0.2) is 18.2 Å². The van der Waals surface area contributed by atoms with E-state index in [1.165, 1.54) is 65.9 Å². The van der Waals surface area contributed by atoms with Crippen LogP contribution in [0, 0.1) is 0 Å². The first-order valence-electron chi connectivity index (χ1n) is 8.30. The lowest BCUT2D eigenvalue weighted by Gasteiger charge is -2.18. The Bertz CT molecular complexity index is 470. The molecule has 0 bridgehead atoms. The zero-order valence-electron chi connectivity index (χ0n) is 14.3. The third-order valence-corrected chi connectivity index (χ3v) is 9.52. The van der Waals surface area contributed by atoms with Crippen molar-refractivity contribution in [2.45, 2.75) is 37.2 Å². The van der Waals surface area contributed by atoms with Crippen LogP contribution in [0.25, 0.3) is 0 Å². The number of anilines is 1. The first-order valence-corrected chi connectivity index (χ1v) is 11.8. The molecule has 0 spiro atoms. The molecule has 0 radical (unpaired) electrons. The van der Waals surface area contributed by atoms with Gasteiger partial charge in [0, 0.05) is 30.9 Å². The molecule has 0 atom stereocenters. The van der Waals surface area contributed by atoms with E-state index >= 15 is 0 Å². The maximum absolute atomic E-state index is 2.49. The second kappa shape index (κ2) is 10.3. The Balaban J connectivity index is 0.00000132. The first kappa shape index (κ1) is 21.3. The molecular formula is C18H29Cl2NS2. The summed E-state index contributed by atoms with van der Waals surface area (Å²) in [5.74, 6) is 8.54. The zero-order valence-corrected chi connectivity index (χ0v) is 17.5. The molecule has 0 saturated carbocycles. The smallest absolute Gasteiger partial charge is 0.135 e. The van der Waals surface area contributed by atoms with Crippen molar-refractivity contribution in [1.29, 1.82) is 0 Å². The van der Waals surface area contributed by atoms with Gasteiger partial charge in [0.2, 0.25) is 0 Å². The molecule has 0 N–H and O–H groups in total. The summed E-state index contributed by atoms with van der Waals surface area (Å²) in [6.45, 7) is 0. The molecule has 0 aliphatic carbocycles. The highest BCUT2D eigenvalue weighted by molar-refractivity contribution is 7.96. The van der Waals surface area contributed by atoms with E-state index in [-0.39, 0.29) is 24.8 Å². The normalized spacial score (nSPS) is 18.5. The van der Waals surface area contributed by atoms with Gasteiger partial charge in [-0.25, -0.2) is 0 Å². The van der Waals surface area contributed by atoms with Gasteiger partial charge in [0.05, 0.1) is 0 Å². The number of hydrogen-bond acceptors (Lipinski definition) is 1. The van der Waals surface area contributed by atoms with E-state index in [4.69, 9.17) is 0 Å². The largest absolute Gasteiger partial charge is 1.00 e. The van der Waals surface area contributed by atoms with Gasteiger partial charge >= 0.3 is 0 Å². The standard InChI is InChI=1S/C18H29NS2.2ClH/c1-19(2)18-13-16(14-20-9-3-4-10-20)7-8-17(18)15-21-11-5-6-12-21;;/h7-8,13H,3-6,9-12,14-15H2,1-2H3;2*1H/q+2;;/p-2. The van der Waals surface area contributed by atoms with Crippen molar-refractivity contribution in [3.8, 4) is 0 Å². The number of hydrogen-bond donors (Lipinski definition) is 0. The Morgan fingerprint density at radius 1 is 0.826 bits per heavy atom. The highest BCUT2D eigenvalue weighted by atomic mass is 35.5. The Hall–Kier alpha value is 0.300. The molecule has 1 aromatic rings. The van der Waals surface area contributed by atoms with Gasteiger partial charge in [-0.2, -0.15) is 0 Å². The molecule has 0 aromatic heterocycles. The molecule has 2 aliphatic heterocycles. The van der Waals surface area contributed by atoms with Crippen molar-refractivity contribution in [2.24, 2.45) is 0 Å². The molecule has 2 heterocycles. The van der Waals surface area contributed by atoms with E-state index in [1.54, 1.807) is 11.1 Å². The molecule has 2 fully saturated rings. The fourth-order valence-electron chi connectivity index (χ4n) is 3.41. The van der Waals surface area contributed by atoms with Crippen molar-refractivity contribution < 1.29 is 24.8 Å². The molecule has 23 heavy (non-hydrogen) atoms. The number of benzene rings is 1. The summed E-state index contributed by atoms with van der Waals surface area (Å²) in [5.41, 5.74) is 4.64. The molecule has 1 aromatic carbocycles. The quantitative estimate of drug-likeness (QED) is 0.503. The molecule has 2 aliphatic rings. The third-order valence-electron chi connectivity index (χ3n) is 4.59. The van der Waals surface area contributed by atoms with Gasteiger partial charge in [-0.05, 0) is 53.5 Å². The van der Waals surface area contributed by atoms with Crippen LogP contribution in [0.5, 0.6) is 0 Å². The van der Waals surface area contributed by atoms with Gasteiger partial charge in [0.25, 0.3) is 0 Å². The SMILES string of the molecule is CN(C)c1cc(C[S+]2CCCC2)ccc1C[S+]1CCCC1.[Cl-].[Cl-]. The van der Waals surface area contributed by atoms with Crippen LogP contribution >= 0.6 is 0 Å². The highest BCUT2D eigenvalue weighted by Crippen LogP contribution is 2.28. The minimum absolute atomic E-state index is 0. The molecule has 2 saturated heterocycles. The van der Waals surface area contributed by atoms with E-state index in [2.05, 4.69) is 37.2 Å². The van der Waals surface area contributed by atoms with Gasteiger partial charge in [-0.1, -0.05) is 12.1 Å². The summed E-state index contributed by atoms with van der Waals surface area (Å²) < 4.78 is 0. The van der Waals surface area contributed by atoms with Crippen LogP contribution in [-0.2, 0) is 33.3 Å². The maximum Gasteiger partial charge on any atom is 0.135 e.